The third kappa shape index (κ3) is 6.75. The predicted octanol–water partition coefficient (Wildman–Crippen LogP) is 5.44. The highest BCUT2D eigenvalue weighted by Crippen LogP contribution is 2.49. The van der Waals surface area contributed by atoms with Gasteiger partial charge >= 0.3 is 7.60 Å². The van der Waals surface area contributed by atoms with Crippen LogP contribution in [-0.4, -0.2) is 30.3 Å². The third-order valence-corrected chi connectivity index (χ3v) is 7.73. The van der Waals surface area contributed by atoms with Crippen LogP contribution in [0.25, 0.3) is 0 Å². The molecule has 30 heavy (non-hydrogen) atoms. The number of benzene rings is 1. The van der Waals surface area contributed by atoms with Crippen LogP contribution < -0.4 is 10.6 Å². The van der Waals surface area contributed by atoms with Crippen molar-refractivity contribution in [3.05, 3.63) is 60.4 Å². The second-order valence-electron chi connectivity index (χ2n) is 8.16. The quantitative estimate of drug-likeness (QED) is 0.380. The highest BCUT2D eigenvalue weighted by molar-refractivity contribution is 7.62. The Kier molecular flexibility index (Phi) is 9.07. The molecule has 4 unspecified atom stereocenters. The van der Waals surface area contributed by atoms with E-state index in [-0.39, 0.29) is 6.10 Å². The van der Waals surface area contributed by atoms with E-state index in [0.29, 0.717) is 23.9 Å². The minimum Gasteiger partial charge on any atom is -0.313 e. The number of pyridine rings is 1. The van der Waals surface area contributed by atoms with Crippen molar-refractivity contribution in [1.82, 2.24) is 10.3 Å². The fraction of sp³-hybridized carbons (Fsp3) is 0.542. The van der Waals surface area contributed by atoms with Gasteiger partial charge in [0.25, 0.3) is 0 Å². The Bertz CT molecular complexity index is 780. The number of hydrogen-bond donors (Lipinski definition) is 1. The molecule has 5 nitrogen and oxygen atoms in total. The Morgan fingerprint density at radius 1 is 1.13 bits per heavy atom. The van der Waals surface area contributed by atoms with Gasteiger partial charge in [-0.3, -0.25) is 9.55 Å². The topological polar surface area (TPSA) is 60.5 Å². The van der Waals surface area contributed by atoms with E-state index in [9.17, 15) is 4.57 Å². The van der Waals surface area contributed by atoms with Crippen molar-refractivity contribution < 1.29 is 13.6 Å². The summed E-state index contributed by atoms with van der Waals surface area (Å²) >= 11 is 0. The number of nitrogens with one attached hydrogen (secondary N) is 1. The van der Waals surface area contributed by atoms with Crippen molar-refractivity contribution >= 4 is 12.9 Å². The van der Waals surface area contributed by atoms with Crippen molar-refractivity contribution in [2.24, 2.45) is 0 Å². The lowest BCUT2D eigenvalue weighted by Crippen LogP contribution is -2.40. The Balaban J connectivity index is 1.54. The Hall–Kier alpha value is -1.52. The number of unbranched alkanes of at least 4 members (excludes halogenated alkanes) is 2. The van der Waals surface area contributed by atoms with Crippen LogP contribution in [-0.2, 0) is 13.6 Å². The summed E-state index contributed by atoms with van der Waals surface area (Å²) in [5.74, 6) is 0.455. The molecular formula is C24H35N2O3P. The maximum atomic E-state index is 13.6. The molecule has 6 heteroatoms. The van der Waals surface area contributed by atoms with E-state index in [0.717, 1.165) is 50.8 Å². The number of hydrogen-bond acceptors (Lipinski definition) is 5. The molecule has 0 spiro atoms. The molecule has 1 aromatic carbocycles. The van der Waals surface area contributed by atoms with E-state index in [4.69, 9.17) is 9.05 Å². The van der Waals surface area contributed by atoms with Crippen LogP contribution in [0.4, 0.5) is 0 Å². The second kappa shape index (κ2) is 11.8. The molecule has 0 amide bonds. The van der Waals surface area contributed by atoms with Gasteiger partial charge < -0.3 is 14.4 Å². The van der Waals surface area contributed by atoms with Crippen LogP contribution in [0.2, 0.25) is 0 Å². The van der Waals surface area contributed by atoms with Gasteiger partial charge in [-0.15, -0.1) is 0 Å². The van der Waals surface area contributed by atoms with Crippen LogP contribution in [0.3, 0.4) is 0 Å². The van der Waals surface area contributed by atoms with Gasteiger partial charge in [-0.25, -0.2) is 0 Å². The number of aromatic nitrogens is 1. The fourth-order valence-corrected chi connectivity index (χ4v) is 5.78. The van der Waals surface area contributed by atoms with Crippen molar-refractivity contribution in [2.75, 3.05) is 13.2 Å². The standard InChI is InChI=1S/C24H35N2O3P/c1-3-4-10-17-28-30(27,23-11-6-5-7-12-23)29-20(2)18-22-15-14-21(19-26-22)24-13-8-9-16-25-24/h5-9,11-13,16,20-22,26H,3-4,10,14-15,17-19H2,1-2H3. The van der Waals surface area contributed by atoms with Crippen LogP contribution in [0.1, 0.15) is 64.0 Å². The van der Waals surface area contributed by atoms with Crippen molar-refractivity contribution in [3.8, 4) is 0 Å². The summed E-state index contributed by atoms with van der Waals surface area (Å²) in [6, 6.07) is 15.8. The Morgan fingerprint density at radius 2 is 1.93 bits per heavy atom. The first-order chi connectivity index (χ1) is 14.6. The fourth-order valence-electron chi connectivity index (χ4n) is 3.98. The molecule has 2 aromatic rings. The second-order valence-corrected chi connectivity index (χ2v) is 10.1. The molecule has 0 saturated carbocycles. The summed E-state index contributed by atoms with van der Waals surface area (Å²) in [5.41, 5.74) is 1.15. The first-order valence-corrected chi connectivity index (χ1v) is 12.8. The molecular weight excluding hydrogens is 395 g/mol. The Morgan fingerprint density at radius 3 is 2.60 bits per heavy atom. The molecule has 164 valence electrons. The van der Waals surface area contributed by atoms with Crippen LogP contribution in [0, 0.1) is 0 Å². The van der Waals surface area contributed by atoms with Crippen LogP contribution in [0.15, 0.2) is 54.7 Å². The zero-order valence-corrected chi connectivity index (χ0v) is 19.1. The highest BCUT2D eigenvalue weighted by Gasteiger charge is 2.31. The van der Waals surface area contributed by atoms with Crippen molar-refractivity contribution in [3.63, 3.8) is 0 Å². The van der Waals surface area contributed by atoms with E-state index in [2.05, 4.69) is 23.3 Å². The third-order valence-electron chi connectivity index (χ3n) is 5.64. The maximum Gasteiger partial charge on any atom is 0.361 e. The molecule has 0 aliphatic carbocycles. The lowest BCUT2D eigenvalue weighted by atomic mass is 9.90. The van der Waals surface area contributed by atoms with E-state index < -0.39 is 7.60 Å². The molecule has 4 atom stereocenters. The van der Waals surface area contributed by atoms with Gasteiger partial charge in [0.05, 0.1) is 18.0 Å². The summed E-state index contributed by atoms with van der Waals surface area (Å²) in [4.78, 5) is 4.49. The normalized spacial score (nSPS) is 22.3. The minimum absolute atomic E-state index is 0.161. The average molecular weight is 431 g/mol. The first-order valence-electron chi connectivity index (χ1n) is 11.2. The summed E-state index contributed by atoms with van der Waals surface area (Å²) in [6.45, 7) is 5.51. The van der Waals surface area contributed by atoms with Gasteiger partial charge in [0.2, 0.25) is 0 Å². The summed E-state index contributed by atoms with van der Waals surface area (Å²) in [5, 5.41) is 4.27. The average Bonchev–Trinajstić information content (AvgIpc) is 2.78. The molecule has 2 heterocycles. The largest absolute Gasteiger partial charge is 0.361 e. The minimum atomic E-state index is -3.33. The monoisotopic (exact) mass is 430 g/mol. The maximum absolute atomic E-state index is 13.6. The molecule has 1 aromatic heterocycles. The molecule has 1 aliphatic rings. The molecule has 1 saturated heterocycles. The van der Waals surface area contributed by atoms with E-state index in [1.54, 1.807) is 0 Å². The summed E-state index contributed by atoms with van der Waals surface area (Å²) < 4.78 is 25.6. The van der Waals surface area contributed by atoms with Gasteiger partial charge in [0, 0.05) is 30.4 Å². The van der Waals surface area contributed by atoms with Gasteiger partial charge in [0.15, 0.2) is 0 Å². The molecule has 1 fully saturated rings. The number of rotatable bonds is 11. The molecule has 1 aliphatic heterocycles. The van der Waals surface area contributed by atoms with Gasteiger partial charge in [-0.1, -0.05) is 44.0 Å². The van der Waals surface area contributed by atoms with Gasteiger partial charge in [-0.2, -0.15) is 0 Å². The van der Waals surface area contributed by atoms with Crippen molar-refractivity contribution in [1.29, 1.82) is 0 Å². The van der Waals surface area contributed by atoms with Gasteiger partial charge in [-0.05, 0) is 56.9 Å². The van der Waals surface area contributed by atoms with Crippen LogP contribution >= 0.6 is 7.60 Å². The van der Waals surface area contributed by atoms with E-state index in [1.165, 1.54) is 0 Å². The SMILES string of the molecule is CCCCCOP(=O)(OC(C)CC1CCC(c2ccccn2)CN1)c1ccccc1. The Labute approximate surface area is 181 Å². The summed E-state index contributed by atoms with van der Waals surface area (Å²) in [6.07, 6.45) is 7.73. The first kappa shape index (κ1) is 23.1. The zero-order chi connectivity index (χ0) is 21.2. The summed E-state index contributed by atoms with van der Waals surface area (Å²) in [7, 11) is -3.33. The molecule has 0 bridgehead atoms. The number of piperidine rings is 1. The van der Waals surface area contributed by atoms with E-state index >= 15 is 0 Å². The molecule has 1 N–H and O–H groups in total. The molecule has 0 radical (unpaired) electrons. The number of nitrogens with zero attached hydrogens (tertiary/aromatic N) is 1. The van der Waals surface area contributed by atoms with Crippen molar-refractivity contribution in [2.45, 2.75) is 70.4 Å². The predicted molar refractivity (Wildman–Crippen MR) is 122 cm³/mol. The van der Waals surface area contributed by atoms with E-state index in [1.807, 2.05) is 55.6 Å². The van der Waals surface area contributed by atoms with Gasteiger partial charge in [0.1, 0.15) is 0 Å². The lowest BCUT2D eigenvalue weighted by Gasteiger charge is -2.32. The zero-order valence-electron chi connectivity index (χ0n) is 18.2. The lowest BCUT2D eigenvalue weighted by molar-refractivity contribution is 0.142. The molecule has 3 rings (SSSR count). The smallest absolute Gasteiger partial charge is 0.313 e. The van der Waals surface area contributed by atoms with Crippen LogP contribution in [0.5, 0.6) is 0 Å². The highest BCUT2D eigenvalue weighted by atomic mass is 31.2.